The van der Waals surface area contributed by atoms with Crippen LogP contribution in [0.2, 0.25) is 0 Å². The van der Waals surface area contributed by atoms with E-state index in [1.54, 1.807) is 11.3 Å². The second-order valence-corrected chi connectivity index (χ2v) is 5.12. The first-order valence-corrected chi connectivity index (χ1v) is 6.49. The van der Waals surface area contributed by atoms with Gasteiger partial charge in [-0.2, -0.15) is 0 Å². The highest BCUT2D eigenvalue weighted by molar-refractivity contribution is 7.09. The van der Waals surface area contributed by atoms with Crippen molar-refractivity contribution in [3.8, 4) is 0 Å². The van der Waals surface area contributed by atoms with Crippen molar-refractivity contribution in [3.63, 3.8) is 0 Å². The number of hydrazine groups is 1. The summed E-state index contributed by atoms with van der Waals surface area (Å²) in [5.41, 5.74) is 3.15. The molecule has 2 aromatic rings. The third-order valence-corrected chi connectivity index (χ3v) is 3.64. The SMILES string of the molecule is NNC(Cc1cccs1)Cc1ccc(F)cc1F. The zero-order chi connectivity index (χ0) is 13.0. The first kappa shape index (κ1) is 13.1. The standard InChI is InChI=1S/C13H14F2N2S/c14-10-4-3-9(13(15)7-10)6-11(17-16)8-12-2-1-5-18-12/h1-5,7,11,17H,6,8,16H2. The number of rotatable bonds is 5. The van der Waals surface area contributed by atoms with Crippen LogP contribution in [0.5, 0.6) is 0 Å². The Hall–Kier alpha value is -1.30. The van der Waals surface area contributed by atoms with Gasteiger partial charge in [-0.1, -0.05) is 12.1 Å². The van der Waals surface area contributed by atoms with Gasteiger partial charge >= 0.3 is 0 Å². The summed E-state index contributed by atoms with van der Waals surface area (Å²) >= 11 is 1.63. The van der Waals surface area contributed by atoms with Crippen LogP contribution in [0, 0.1) is 11.6 Å². The van der Waals surface area contributed by atoms with E-state index in [-0.39, 0.29) is 6.04 Å². The monoisotopic (exact) mass is 268 g/mol. The molecule has 0 spiro atoms. The van der Waals surface area contributed by atoms with E-state index in [0.717, 1.165) is 12.5 Å². The molecule has 0 aliphatic rings. The van der Waals surface area contributed by atoms with Gasteiger partial charge in [-0.3, -0.25) is 11.3 Å². The van der Waals surface area contributed by atoms with Crippen LogP contribution in [0.3, 0.4) is 0 Å². The number of hydrogen-bond donors (Lipinski definition) is 2. The summed E-state index contributed by atoms with van der Waals surface area (Å²) in [5.74, 6) is 4.39. The van der Waals surface area contributed by atoms with E-state index in [1.807, 2.05) is 17.5 Å². The highest BCUT2D eigenvalue weighted by Crippen LogP contribution is 2.16. The largest absolute Gasteiger partial charge is 0.271 e. The number of nitrogens with one attached hydrogen (secondary N) is 1. The Morgan fingerprint density at radius 1 is 1.22 bits per heavy atom. The molecule has 0 aliphatic carbocycles. The van der Waals surface area contributed by atoms with Crippen molar-refractivity contribution in [3.05, 3.63) is 57.8 Å². The fourth-order valence-electron chi connectivity index (χ4n) is 1.81. The van der Waals surface area contributed by atoms with E-state index in [4.69, 9.17) is 5.84 Å². The van der Waals surface area contributed by atoms with Crippen LogP contribution in [0.25, 0.3) is 0 Å². The van der Waals surface area contributed by atoms with Crippen LogP contribution in [0.1, 0.15) is 10.4 Å². The molecule has 0 radical (unpaired) electrons. The Kier molecular flexibility index (Phi) is 4.41. The molecule has 2 rings (SSSR count). The quantitative estimate of drug-likeness (QED) is 0.646. The van der Waals surface area contributed by atoms with Crippen molar-refractivity contribution in [2.24, 2.45) is 5.84 Å². The second-order valence-electron chi connectivity index (χ2n) is 4.09. The maximum absolute atomic E-state index is 13.5. The number of hydrogen-bond acceptors (Lipinski definition) is 3. The minimum absolute atomic E-state index is 0.0661. The van der Waals surface area contributed by atoms with Gasteiger partial charge in [0.25, 0.3) is 0 Å². The zero-order valence-electron chi connectivity index (χ0n) is 9.70. The number of nitrogens with two attached hydrogens (primary N) is 1. The van der Waals surface area contributed by atoms with Gasteiger partial charge in [0.15, 0.2) is 0 Å². The lowest BCUT2D eigenvalue weighted by molar-refractivity contribution is 0.504. The van der Waals surface area contributed by atoms with Crippen molar-refractivity contribution in [1.82, 2.24) is 5.43 Å². The lowest BCUT2D eigenvalue weighted by Crippen LogP contribution is -2.38. The Balaban J connectivity index is 2.05. The number of halogens is 2. The molecule has 0 fully saturated rings. The minimum Gasteiger partial charge on any atom is -0.271 e. The molecule has 1 aromatic heterocycles. The van der Waals surface area contributed by atoms with Crippen LogP contribution in [-0.2, 0) is 12.8 Å². The van der Waals surface area contributed by atoms with Crippen LogP contribution < -0.4 is 11.3 Å². The van der Waals surface area contributed by atoms with Crippen LogP contribution in [-0.4, -0.2) is 6.04 Å². The Morgan fingerprint density at radius 2 is 2.06 bits per heavy atom. The maximum Gasteiger partial charge on any atom is 0.129 e. The van der Waals surface area contributed by atoms with E-state index in [9.17, 15) is 8.78 Å². The van der Waals surface area contributed by atoms with Gasteiger partial charge in [0.2, 0.25) is 0 Å². The van der Waals surface area contributed by atoms with E-state index in [0.29, 0.717) is 12.0 Å². The summed E-state index contributed by atoms with van der Waals surface area (Å²) in [6, 6.07) is 7.53. The van der Waals surface area contributed by atoms with Gasteiger partial charge in [-0.15, -0.1) is 11.3 Å². The van der Waals surface area contributed by atoms with Gasteiger partial charge in [-0.05, 0) is 35.9 Å². The fraction of sp³-hybridized carbons (Fsp3) is 0.231. The molecule has 18 heavy (non-hydrogen) atoms. The second kappa shape index (κ2) is 6.04. The summed E-state index contributed by atoms with van der Waals surface area (Å²) in [6.45, 7) is 0. The number of thiophene rings is 1. The topological polar surface area (TPSA) is 38.0 Å². The molecule has 1 aromatic carbocycles. The Labute approximate surface area is 108 Å². The molecule has 1 unspecified atom stereocenters. The van der Waals surface area contributed by atoms with Crippen LogP contribution in [0.4, 0.5) is 8.78 Å². The van der Waals surface area contributed by atoms with E-state index >= 15 is 0 Å². The summed E-state index contributed by atoms with van der Waals surface area (Å²) in [6.07, 6.45) is 1.16. The lowest BCUT2D eigenvalue weighted by atomic mass is 10.0. The molecule has 0 saturated heterocycles. The van der Waals surface area contributed by atoms with E-state index in [1.165, 1.54) is 17.0 Å². The minimum atomic E-state index is -0.563. The third-order valence-electron chi connectivity index (χ3n) is 2.74. The van der Waals surface area contributed by atoms with Crippen molar-refractivity contribution in [1.29, 1.82) is 0 Å². The van der Waals surface area contributed by atoms with Gasteiger partial charge in [0.1, 0.15) is 11.6 Å². The first-order valence-electron chi connectivity index (χ1n) is 5.61. The Morgan fingerprint density at radius 3 is 2.67 bits per heavy atom. The average molecular weight is 268 g/mol. The van der Waals surface area contributed by atoms with Crippen LogP contribution >= 0.6 is 11.3 Å². The molecular weight excluding hydrogens is 254 g/mol. The summed E-state index contributed by atoms with van der Waals surface area (Å²) in [4.78, 5) is 1.18. The molecule has 96 valence electrons. The highest BCUT2D eigenvalue weighted by atomic mass is 32.1. The normalized spacial score (nSPS) is 12.6. The van der Waals surface area contributed by atoms with Crippen molar-refractivity contribution in [2.45, 2.75) is 18.9 Å². The smallest absolute Gasteiger partial charge is 0.129 e. The molecule has 1 heterocycles. The molecular formula is C13H14F2N2S. The molecule has 3 N–H and O–H groups in total. The molecule has 2 nitrogen and oxygen atoms in total. The summed E-state index contributed by atoms with van der Waals surface area (Å²) in [5, 5.41) is 1.99. The third kappa shape index (κ3) is 3.35. The molecule has 5 heteroatoms. The van der Waals surface area contributed by atoms with E-state index in [2.05, 4.69) is 5.43 Å². The van der Waals surface area contributed by atoms with Crippen molar-refractivity contribution < 1.29 is 8.78 Å². The van der Waals surface area contributed by atoms with Crippen LogP contribution in [0.15, 0.2) is 35.7 Å². The molecule has 0 bridgehead atoms. The molecule has 1 atom stereocenters. The molecule has 0 amide bonds. The first-order chi connectivity index (χ1) is 8.69. The zero-order valence-corrected chi connectivity index (χ0v) is 10.5. The predicted molar refractivity (Wildman–Crippen MR) is 69.2 cm³/mol. The van der Waals surface area contributed by atoms with Gasteiger partial charge in [0, 0.05) is 17.0 Å². The van der Waals surface area contributed by atoms with E-state index < -0.39 is 11.6 Å². The fourth-order valence-corrected chi connectivity index (χ4v) is 2.60. The van der Waals surface area contributed by atoms with Crippen molar-refractivity contribution in [2.75, 3.05) is 0 Å². The summed E-state index contributed by atoms with van der Waals surface area (Å²) in [7, 11) is 0. The Bertz CT molecular complexity index is 500. The molecule has 0 saturated carbocycles. The maximum atomic E-state index is 13.5. The van der Waals surface area contributed by atoms with Crippen molar-refractivity contribution >= 4 is 11.3 Å². The lowest BCUT2D eigenvalue weighted by Gasteiger charge is -2.15. The summed E-state index contributed by atoms with van der Waals surface area (Å²) < 4.78 is 26.3. The molecule has 0 aliphatic heterocycles. The van der Waals surface area contributed by atoms with Gasteiger partial charge in [-0.25, -0.2) is 8.78 Å². The predicted octanol–water partition coefficient (Wildman–Crippen LogP) is 2.64. The average Bonchev–Trinajstić information content (AvgIpc) is 2.84. The highest BCUT2D eigenvalue weighted by Gasteiger charge is 2.12. The van der Waals surface area contributed by atoms with Gasteiger partial charge in [0.05, 0.1) is 0 Å². The number of benzene rings is 1. The van der Waals surface area contributed by atoms with Gasteiger partial charge < -0.3 is 0 Å².